The van der Waals surface area contributed by atoms with Gasteiger partial charge < -0.3 is 9.64 Å². The van der Waals surface area contributed by atoms with Crippen LogP contribution in [0.3, 0.4) is 0 Å². The molecule has 2 N–H and O–H groups in total. The Balaban J connectivity index is 1.70. The Hall–Kier alpha value is -3.15. The summed E-state index contributed by atoms with van der Waals surface area (Å²) in [6, 6.07) is 21.4. The molecule has 0 saturated heterocycles. The number of rotatable bonds is 8. The highest BCUT2D eigenvalue weighted by Crippen LogP contribution is 2.25. The molecule has 0 heterocycles. The summed E-state index contributed by atoms with van der Waals surface area (Å²) in [5, 5.41) is 11.0. The molecule has 0 saturated carbocycles. The fraction of sp³-hybridized carbons (Fsp3) is 0.208. The summed E-state index contributed by atoms with van der Waals surface area (Å²) in [7, 11) is 4.07. The molecule has 0 aliphatic rings. The van der Waals surface area contributed by atoms with Gasteiger partial charge >= 0.3 is 0 Å². The van der Waals surface area contributed by atoms with E-state index in [1.165, 1.54) is 11.0 Å². The van der Waals surface area contributed by atoms with E-state index in [2.05, 4.69) is 29.2 Å². The van der Waals surface area contributed by atoms with Gasteiger partial charge in [-0.1, -0.05) is 60.2 Å². The Morgan fingerprint density at radius 1 is 1.03 bits per heavy atom. The van der Waals surface area contributed by atoms with Crippen LogP contribution in [0.4, 0.5) is 0 Å². The van der Waals surface area contributed by atoms with Gasteiger partial charge in [0.2, 0.25) is 0 Å². The number of carbonyl (C=O) groups excluding carboxylic acids is 1. The lowest BCUT2D eigenvalue weighted by atomic mass is 10.1. The average Bonchev–Trinajstić information content (AvgIpc) is 2.73. The molecule has 3 rings (SSSR count). The molecular weight excluding hydrogens is 364 g/mol. The van der Waals surface area contributed by atoms with Crippen molar-refractivity contribution in [3.05, 3.63) is 83.4 Å². The van der Waals surface area contributed by atoms with E-state index in [1.54, 1.807) is 17.6 Å². The summed E-state index contributed by atoms with van der Waals surface area (Å²) in [5.74, 6) is 0.379. The third-order valence-electron chi connectivity index (χ3n) is 4.59. The molecule has 150 valence electrons. The first-order valence-corrected chi connectivity index (χ1v) is 9.56. The predicted molar refractivity (Wildman–Crippen MR) is 116 cm³/mol. The summed E-state index contributed by atoms with van der Waals surface area (Å²) in [6.07, 6.45) is 2.91. The van der Waals surface area contributed by atoms with Crippen LogP contribution in [0, 0.1) is 0 Å². The van der Waals surface area contributed by atoms with Crippen LogP contribution >= 0.6 is 0 Å². The molecule has 0 fully saturated rings. The first kappa shape index (κ1) is 20.6. The van der Waals surface area contributed by atoms with Gasteiger partial charge in [0, 0.05) is 23.9 Å². The van der Waals surface area contributed by atoms with E-state index in [9.17, 15) is 4.79 Å². The topological polar surface area (TPSA) is 61.8 Å². The number of carbonyl (C=O) groups is 1. The van der Waals surface area contributed by atoms with E-state index in [0.717, 1.165) is 29.7 Å². The van der Waals surface area contributed by atoms with E-state index in [1.807, 2.05) is 50.5 Å². The number of nitrogens with one attached hydrogen (secondary N) is 1. The highest BCUT2D eigenvalue weighted by atomic mass is 16.5. The summed E-state index contributed by atoms with van der Waals surface area (Å²) in [4.78, 5) is 13.6. The second-order valence-corrected chi connectivity index (χ2v) is 7.18. The molecule has 3 aromatic carbocycles. The Morgan fingerprint density at radius 2 is 1.76 bits per heavy atom. The summed E-state index contributed by atoms with van der Waals surface area (Å²) in [6.45, 7) is 1.40. The second-order valence-electron chi connectivity index (χ2n) is 7.18. The fourth-order valence-electron chi connectivity index (χ4n) is 3.25. The van der Waals surface area contributed by atoms with Crippen molar-refractivity contribution >= 4 is 22.8 Å². The molecule has 0 unspecified atom stereocenters. The Labute approximate surface area is 171 Å². The minimum atomic E-state index is -0.516. The molecule has 5 heteroatoms. The summed E-state index contributed by atoms with van der Waals surface area (Å²) < 4.78 is 6.09. The maximum absolute atomic E-state index is 11.5. The molecule has 0 aliphatic carbocycles. The van der Waals surface area contributed by atoms with Crippen LogP contribution in [0.25, 0.3) is 16.8 Å². The van der Waals surface area contributed by atoms with Crippen LogP contribution < -0.4 is 10.2 Å². The lowest BCUT2D eigenvalue weighted by molar-refractivity contribution is 0.0706. The van der Waals surface area contributed by atoms with Crippen molar-refractivity contribution in [3.63, 3.8) is 0 Å². The normalized spacial score (nSPS) is 11.7. The highest BCUT2D eigenvalue weighted by molar-refractivity contribution is 5.93. The monoisotopic (exact) mass is 390 g/mol. The number of amides is 1. The van der Waals surface area contributed by atoms with E-state index in [4.69, 9.17) is 9.94 Å². The summed E-state index contributed by atoms with van der Waals surface area (Å²) in [5.41, 5.74) is 4.29. The minimum Gasteiger partial charge on any atom is -0.493 e. The lowest BCUT2D eigenvalue weighted by Gasteiger charge is -2.15. The van der Waals surface area contributed by atoms with Crippen molar-refractivity contribution in [2.24, 2.45) is 0 Å². The molecule has 0 aromatic heterocycles. The number of fused-ring (bicyclic) bond motifs is 1. The van der Waals surface area contributed by atoms with Crippen LogP contribution in [-0.2, 0) is 0 Å². The highest BCUT2D eigenvalue weighted by Gasteiger charge is 2.06. The maximum atomic E-state index is 11.5. The molecule has 0 radical (unpaired) electrons. The second kappa shape index (κ2) is 9.87. The van der Waals surface area contributed by atoms with Crippen LogP contribution in [0.1, 0.15) is 22.3 Å². The molecule has 0 spiro atoms. The van der Waals surface area contributed by atoms with Crippen molar-refractivity contribution in [3.8, 4) is 5.75 Å². The maximum Gasteiger partial charge on any atom is 0.274 e. The largest absolute Gasteiger partial charge is 0.493 e. The number of ether oxygens (including phenoxy) is 1. The number of hydroxylamine groups is 1. The Kier molecular flexibility index (Phi) is 7.00. The molecule has 3 aromatic rings. The van der Waals surface area contributed by atoms with E-state index in [-0.39, 0.29) is 0 Å². The number of hydrogen-bond donors (Lipinski definition) is 2. The summed E-state index contributed by atoms with van der Waals surface area (Å²) >= 11 is 0. The van der Waals surface area contributed by atoms with Gasteiger partial charge in [0.05, 0.1) is 6.61 Å². The van der Waals surface area contributed by atoms with Crippen LogP contribution in [-0.4, -0.2) is 43.3 Å². The van der Waals surface area contributed by atoms with Crippen LogP contribution in [0.5, 0.6) is 5.75 Å². The zero-order valence-corrected chi connectivity index (χ0v) is 16.8. The zero-order valence-electron chi connectivity index (χ0n) is 16.8. The van der Waals surface area contributed by atoms with Crippen molar-refractivity contribution in [2.45, 2.75) is 6.42 Å². The molecule has 1 amide bonds. The third kappa shape index (κ3) is 5.67. The molecule has 29 heavy (non-hydrogen) atoms. The number of benzene rings is 3. The lowest BCUT2D eigenvalue weighted by Crippen LogP contribution is -2.18. The first-order valence-electron chi connectivity index (χ1n) is 9.56. The zero-order chi connectivity index (χ0) is 20.6. The smallest absolute Gasteiger partial charge is 0.274 e. The van der Waals surface area contributed by atoms with Crippen molar-refractivity contribution < 1.29 is 14.7 Å². The van der Waals surface area contributed by atoms with Gasteiger partial charge in [-0.05, 0) is 43.2 Å². The number of hydrogen-bond acceptors (Lipinski definition) is 4. The molecule has 0 aliphatic heterocycles. The van der Waals surface area contributed by atoms with E-state index in [0.29, 0.717) is 12.2 Å². The number of likely N-dealkylation sites (N-methyl/N-ethyl adjacent to an activating group) is 1. The minimum absolute atomic E-state index is 0.415. The standard InChI is InChI=1S/C24H26N2O3/c1-26(2)17-19(16-18-10-12-21(13-11-18)24(27)25-28)14-15-29-23-9-5-7-20-6-3-4-8-22(20)23/h3-13,16,28H,14-15,17H2,1-2H3,(H,25,27). The third-order valence-corrected chi connectivity index (χ3v) is 4.59. The van der Waals surface area contributed by atoms with E-state index < -0.39 is 5.91 Å². The van der Waals surface area contributed by atoms with Gasteiger partial charge in [0.25, 0.3) is 5.91 Å². The van der Waals surface area contributed by atoms with Gasteiger partial charge in [-0.3, -0.25) is 10.0 Å². The van der Waals surface area contributed by atoms with Gasteiger partial charge in [-0.15, -0.1) is 0 Å². The fourth-order valence-corrected chi connectivity index (χ4v) is 3.25. The van der Waals surface area contributed by atoms with Gasteiger partial charge in [-0.25, -0.2) is 5.48 Å². The van der Waals surface area contributed by atoms with Crippen LogP contribution in [0.2, 0.25) is 0 Å². The quantitative estimate of drug-likeness (QED) is 0.443. The first-order chi connectivity index (χ1) is 14.1. The van der Waals surface area contributed by atoms with Gasteiger partial charge in [-0.2, -0.15) is 0 Å². The number of nitrogens with zero attached hydrogens (tertiary/aromatic N) is 1. The molecular formula is C24H26N2O3. The van der Waals surface area contributed by atoms with Gasteiger partial charge in [0.15, 0.2) is 0 Å². The van der Waals surface area contributed by atoms with Crippen molar-refractivity contribution in [1.82, 2.24) is 10.4 Å². The van der Waals surface area contributed by atoms with E-state index >= 15 is 0 Å². The Bertz CT molecular complexity index is 989. The molecule has 5 nitrogen and oxygen atoms in total. The van der Waals surface area contributed by atoms with Crippen molar-refractivity contribution in [2.75, 3.05) is 27.2 Å². The average molecular weight is 390 g/mol. The van der Waals surface area contributed by atoms with Crippen LogP contribution in [0.15, 0.2) is 72.3 Å². The SMILES string of the molecule is CN(C)CC(=Cc1ccc(C(=O)NO)cc1)CCOc1cccc2ccccc12. The van der Waals surface area contributed by atoms with Gasteiger partial charge in [0.1, 0.15) is 5.75 Å². The Morgan fingerprint density at radius 3 is 2.48 bits per heavy atom. The predicted octanol–water partition coefficient (Wildman–Crippen LogP) is 4.37. The molecule has 0 atom stereocenters. The van der Waals surface area contributed by atoms with Crippen molar-refractivity contribution in [1.29, 1.82) is 0 Å². The molecule has 0 bridgehead atoms.